The van der Waals surface area contributed by atoms with Crippen molar-refractivity contribution in [1.82, 2.24) is 10.6 Å². The molecule has 2 amide bonds. The van der Waals surface area contributed by atoms with E-state index in [2.05, 4.69) is 10.6 Å². The van der Waals surface area contributed by atoms with Crippen molar-refractivity contribution in [3.05, 3.63) is 41.1 Å². The molecule has 1 aliphatic heterocycles. The molecule has 0 radical (unpaired) electrons. The summed E-state index contributed by atoms with van der Waals surface area (Å²) >= 11 is 0. The Hall–Kier alpha value is -2.54. The first-order chi connectivity index (χ1) is 11.6. The van der Waals surface area contributed by atoms with Crippen molar-refractivity contribution < 1.29 is 23.8 Å². The summed E-state index contributed by atoms with van der Waals surface area (Å²) in [4.78, 5) is 24.4. The number of para-hydroxylation sites is 1. The van der Waals surface area contributed by atoms with Gasteiger partial charge in [0, 0.05) is 18.4 Å². The van der Waals surface area contributed by atoms with Gasteiger partial charge in [-0.1, -0.05) is 18.2 Å². The third kappa shape index (κ3) is 4.05. The van der Waals surface area contributed by atoms with Gasteiger partial charge in [0.15, 0.2) is 0 Å². The Morgan fingerprint density at radius 2 is 2.00 bits per heavy atom. The quantitative estimate of drug-likeness (QED) is 0.587. The third-order valence-electron chi connectivity index (χ3n) is 3.54. The van der Waals surface area contributed by atoms with Crippen LogP contribution in [0.2, 0.25) is 0 Å². The Balaban J connectivity index is 2.36. The smallest absolute Gasteiger partial charge is 0.338 e. The Morgan fingerprint density at radius 3 is 2.71 bits per heavy atom. The molecule has 0 bridgehead atoms. The molecule has 0 aliphatic carbocycles. The zero-order valence-electron chi connectivity index (χ0n) is 14.0. The van der Waals surface area contributed by atoms with E-state index in [1.807, 2.05) is 25.1 Å². The minimum atomic E-state index is -0.642. The van der Waals surface area contributed by atoms with E-state index in [0.717, 1.165) is 0 Å². The third-order valence-corrected chi connectivity index (χ3v) is 3.54. The number of carbonyl (C=O) groups is 2. The number of benzene rings is 1. The first-order valence-electron chi connectivity index (χ1n) is 7.74. The molecular formula is C17H22N2O5. The van der Waals surface area contributed by atoms with Gasteiger partial charge < -0.3 is 24.8 Å². The van der Waals surface area contributed by atoms with Gasteiger partial charge in [0.1, 0.15) is 12.4 Å². The maximum atomic E-state index is 12.5. The molecule has 130 valence electrons. The van der Waals surface area contributed by atoms with Crippen molar-refractivity contribution in [2.45, 2.75) is 19.9 Å². The highest BCUT2D eigenvalue weighted by Gasteiger charge is 2.33. The fourth-order valence-electron chi connectivity index (χ4n) is 2.50. The molecule has 7 nitrogen and oxygen atoms in total. The summed E-state index contributed by atoms with van der Waals surface area (Å²) in [6, 6.07) is 6.27. The molecule has 0 unspecified atom stereocenters. The molecule has 7 heteroatoms. The topological polar surface area (TPSA) is 85.9 Å². The number of ether oxygens (including phenoxy) is 3. The molecule has 2 rings (SSSR count). The highest BCUT2D eigenvalue weighted by atomic mass is 16.6. The Bertz CT molecular complexity index is 642. The number of rotatable bonds is 7. The van der Waals surface area contributed by atoms with Crippen LogP contribution in [0.15, 0.2) is 35.5 Å². The number of urea groups is 1. The number of amides is 2. The normalized spacial score (nSPS) is 17.1. The second kappa shape index (κ2) is 8.35. The van der Waals surface area contributed by atoms with Gasteiger partial charge in [-0.3, -0.25) is 0 Å². The van der Waals surface area contributed by atoms with Crippen LogP contribution in [0.25, 0.3) is 0 Å². The fraction of sp³-hybridized carbons (Fsp3) is 0.412. The molecule has 1 atom stereocenters. The second-order valence-corrected chi connectivity index (χ2v) is 5.17. The Morgan fingerprint density at radius 1 is 1.25 bits per heavy atom. The van der Waals surface area contributed by atoms with Crippen LogP contribution in [0.1, 0.15) is 25.5 Å². The minimum absolute atomic E-state index is 0.139. The van der Waals surface area contributed by atoms with E-state index in [0.29, 0.717) is 35.8 Å². The first-order valence-corrected chi connectivity index (χ1v) is 7.74. The van der Waals surface area contributed by atoms with Crippen LogP contribution in [0, 0.1) is 0 Å². The molecule has 1 aromatic carbocycles. The number of allylic oxidation sites excluding steroid dienone is 1. The second-order valence-electron chi connectivity index (χ2n) is 5.17. The maximum absolute atomic E-state index is 12.5. The van der Waals surface area contributed by atoms with E-state index in [1.165, 1.54) is 7.11 Å². The van der Waals surface area contributed by atoms with Crippen molar-refractivity contribution >= 4 is 12.0 Å². The van der Waals surface area contributed by atoms with Crippen LogP contribution in [0.5, 0.6) is 5.75 Å². The SMILES string of the molecule is CCOc1ccccc1[C@@H]1NC(=O)NC(C)=C1C(=O)OCCOC. The van der Waals surface area contributed by atoms with E-state index in [1.54, 1.807) is 13.0 Å². The molecular weight excluding hydrogens is 312 g/mol. The fourth-order valence-corrected chi connectivity index (χ4v) is 2.50. The lowest BCUT2D eigenvalue weighted by molar-refractivity contribution is -0.140. The van der Waals surface area contributed by atoms with E-state index >= 15 is 0 Å². The molecule has 0 fully saturated rings. The minimum Gasteiger partial charge on any atom is -0.494 e. The predicted molar refractivity (Wildman–Crippen MR) is 87.6 cm³/mol. The van der Waals surface area contributed by atoms with Gasteiger partial charge >= 0.3 is 12.0 Å². The Kier molecular flexibility index (Phi) is 6.20. The van der Waals surface area contributed by atoms with Gasteiger partial charge in [-0.25, -0.2) is 9.59 Å². The molecule has 0 spiro atoms. The summed E-state index contributed by atoms with van der Waals surface area (Å²) in [6.07, 6.45) is 0. The van der Waals surface area contributed by atoms with Crippen molar-refractivity contribution in [2.75, 3.05) is 26.9 Å². The van der Waals surface area contributed by atoms with Gasteiger partial charge in [0.2, 0.25) is 0 Å². The number of esters is 1. The lowest BCUT2D eigenvalue weighted by atomic mass is 9.95. The standard InChI is InChI=1S/C17H22N2O5/c1-4-23-13-8-6-5-7-12(13)15-14(11(2)18-17(21)19-15)16(20)24-10-9-22-3/h5-8,15H,4,9-10H2,1-3H3,(H2,18,19,21)/t15-/m0/s1. The maximum Gasteiger partial charge on any atom is 0.338 e. The van der Waals surface area contributed by atoms with E-state index in [4.69, 9.17) is 14.2 Å². The summed E-state index contributed by atoms with van der Waals surface area (Å²) in [5.41, 5.74) is 1.50. The summed E-state index contributed by atoms with van der Waals surface area (Å²) in [5.74, 6) is 0.107. The number of nitrogens with one attached hydrogen (secondary N) is 2. The van der Waals surface area contributed by atoms with Crippen LogP contribution in [0.4, 0.5) is 4.79 Å². The molecule has 2 N–H and O–H groups in total. The predicted octanol–water partition coefficient (Wildman–Crippen LogP) is 1.90. The summed E-state index contributed by atoms with van der Waals surface area (Å²) in [7, 11) is 1.53. The highest BCUT2D eigenvalue weighted by molar-refractivity contribution is 5.95. The molecule has 0 saturated heterocycles. The van der Waals surface area contributed by atoms with Crippen molar-refractivity contribution in [3.63, 3.8) is 0 Å². The Labute approximate surface area is 141 Å². The lowest BCUT2D eigenvalue weighted by Gasteiger charge is -2.29. The van der Waals surface area contributed by atoms with Crippen LogP contribution >= 0.6 is 0 Å². The molecule has 1 aliphatic rings. The average Bonchev–Trinajstić information content (AvgIpc) is 2.55. The van der Waals surface area contributed by atoms with E-state index in [9.17, 15) is 9.59 Å². The molecule has 0 saturated carbocycles. The van der Waals surface area contributed by atoms with Crippen LogP contribution in [0.3, 0.4) is 0 Å². The first kappa shape index (κ1) is 17.8. The highest BCUT2D eigenvalue weighted by Crippen LogP contribution is 2.33. The van der Waals surface area contributed by atoms with Crippen molar-refractivity contribution in [2.24, 2.45) is 0 Å². The summed E-state index contributed by atoms with van der Waals surface area (Å²) in [6.45, 7) is 4.46. The van der Waals surface area contributed by atoms with Gasteiger partial charge in [0.25, 0.3) is 0 Å². The number of carbonyl (C=O) groups excluding carboxylic acids is 2. The van der Waals surface area contributed by atoms with Crippen molar-refractivity contribution in [1.29, 1.82) is 0 Å². The van der Waals surface area contributed by atoms with Crippen LogP contribution in [-0.2, 0) is 14.3 Å². The van der Waals surface area contributed by atoms with Gasteiger partial charge in [-0.05, 0) is 19.9 Å². The molecule has 1 heterocycles. The number of hydrogen-bond donors (Lipinski definition) is 2. The van der Waals surface area contributed by atoms with Gasteiger partial charge in [-0.15, -0.1) is 0 Å². The van der Waals surface area contributed by atoms with E-state index in [-0.39, 0.29) is 12.6 Å². The lowest BCUT2D eigenvalue weighted by Crippen LogP contribution is -2.45. The van der Waals surface area contributed by atoms with Crippen molar-refractivity contribution in [3.8, 4) is 5.75 Å². The summed E-state index contributed by atoms with van der Waals surface area (Å²) in [5, 5.41) is 5.37. The summed E-state index contributed by atoms with van der Waals surface area (Å²) < 4.78 is 15.7. The zero-order chi connectivity index (χ0) is 17.5. The van der Waals surface area contributed by atoms with Crippen LogP contribution in [-0.4, -0.2) is 38.9 Å². The molecule has 24 heavy (non-hydrogen) atoms. The largest absolute Gasteiger partial charge is 0.494 e. The number of methoxy groups -OCH3 is 1. The van der Waals surface area contributed by atoms with E-state index < -0.39 is 12.0 Å². The van der Waals surface area contributed by atoms with Gasteiger partial charge in [-0.2, -0.15) is 0 Å². The monoisotopic (exact) mass is 334 g/mol. The van der Waals surface area contributed by atoms with Crippen LogP contribution < -0.4 is 15.4 Å². The zero-order valence-corrected chi connectivity index (χ0v) is 14.0. The average molecular weight is 334 g/mol. The number of hydrogen-bond acceptors (Lipinski definition) is 5. The molecule has 0 aromatic heterocycles. The van der Waals surface area contributed by atoms with Gasteiger partial charge in [0.05, 0.1) is 24.8 Å². The molecule has 1 aromatic rings.